The standard InChI is InChI=1S/C18H20N4S.C2HF3O2/c1-3-13(9-15(4-1)18-20-12-21-22-18)11-19-16-5-2-6-17-14(10-16)7-8-23-17;3-2(4,5)1(6)7/h1,3-4,7-9,12,16,19H,2,5-6,10-11H2,(H,20,21,22);(H,6,7). The van der Waals surface area contributed by atoms with Gasteiger partial charge >= 0.3 is 12.1 Å². The Balaban J connectivity index is 0.000000318. The van der Waals surface area contributed by atoms with Crippen molar-refractivity contribution < 1.29 is 23.1 Å². The van der Waals surface area contributed by atoms with Crippen LogP contribution in [0.15, 0.2) is 42.0 Å². The van der Waals surface area contributed by atoms with Gasteiger partial charge in [0.05, 0.1) is 0 Å². The van der Waals surface area contributed by atoms with Gasteiger partial charge in [0, 0.05) is 23.0 Å². The van der Waals surface area contributed by atoms with E-state index in [0.717, 1.165) is 24.4 Å². The number of hydrogen-bond donors (Lipinski definition) is 3. The molecule has 30 heavy (non-hydrogen) atoms. The van der Waals surface area contributed by atoms with Crippen LogP contribution in [0.5, 0.6) is 0 Å². The lowest BCUT2D eigenvalue weighted by Gasteiger charge is -2.16. The number of hydrogen-bond acceptors (Lipinski definition) is 5. The van der Waals surface area contributed by atoms with E-state index in [4.69, 9.17) is 9.90 Å². The molecule has 1 aliphatic rings. The number of carboxylic acid groups (broad SMARTS) is 1. The number of rotatable bonds is 4. The van der Waals surface area contributed by atoms with Gasteiger partial charge in [-0.2, -0.15) is 18.3 Å². The van der Waals surface area contributed by atoms with E-state index in [1.54, 1.807) is 16.8 Å². The van der Waals surface area contributed by atoms with Gasteiger partial charge in [-0.25, -0.2) is 9.78 Å². The molecule has 1 aromatic carbocycles. The molecule has 1 unspecified atom stereocenters. The largest absolute Gasteiger partial charge is 0.490 e. The highest BCUT2D eigenvalue weighted by atomic mass is 32.1. The molecule has 0 saturated heterocycles. The Kier molecular flexibility index (Phi) is 7.22. The summed E-state index contributed by atoms with van der Waals surface area (Å²) in [5, 5.41) is 19.9. The molecule has 10 heteroatoms. The van der Waals surface area contributed by atoms with Gasteiger partial charge in [0.25, 0.3) is 0 Å². The molecule has 2 aromatic heterocycles. The molecule has 1 aliphatic carbocycles. The number of carboxylic acids is 1. The van der Waals surface area contributed by atoms with E-state index in [-0.39, 0.29) is 0 Å². The number of carbonyl (C=O) groups is 1. The lowest BCUT2D eigenvalue weighted by atomic mass is 10.1. The van der Waals surface area contributed by atoms with Crippen LogP contribution >= 0.6 is 11.3 Å². The van der Waals surface area contributed by atoms with Gasteiger partial charge in [-0.05, 0) is 54.3 Å². The van der Waals surface area contributed by atoms with Gasteiger partial charge in [-0.1, -0.05) is 18.2 Å². The molecule has 0 fully saturated rings. The molecule has 0 spiro atoms. The summed E-state index contributed by atoms with van der Waals surface area (Å²) in [6, 6.07) is 11.4. The zero-order valence-corrected chi connectivity index (χ0v) is 16.8. The van der Waals surface area contributed by atoms with Crippen LogP contribution < -0.4 is 5.32 Å². The summed E-state index contributed by atoms with van der Waals surface area (Å²) in [4.78, 5) is 14.7. The summed E-state index contributed by atoms with van der Waals surface area (Å²) in [5.41, 5.74) is 3.91. The number of halogens is 3. The number of thiophene rings is 1. The second-order valence-electron chi connectivity index (χ2n) is 6.88. The fourth-order valence-electron chi connectivity index (χ4n) is 3.25. The first-order valence-corrected chi connectivity index (χ1v) is 10.2. The molecular formula is C20H21F3N4O2S. The van der Waals surface area contributed by atoms with Gasteiger partial charge in [0.1, 0.15) is 6.33 Å². The van der Waals surface area contributed by atoms with Crippen molar-refractivity contribution in [2.45, 2.75) is 44.4 Å². The SMILES string of the molecule is O=C(O)C(F)(F)F.c1cc(CNC2CCCc3sccc3C2)cc(-c2ncn[nH]2)c1. The van der Waals surface area contributed by atoms with Gasteiger partial charge < -0.3 is 10.4 Å². The van der Waals surface area contributed by atoms with Crippen LogP contribution in [0.1, 0.15) is 28.8 Å². The summed E-state index contributed by atoms with van der Waals surface area (Å²) in [5.74, 6) is -1.93. The third kappa shape index (κ3) is 6.14. The second-order valence-corrected chi connectivity index (χ2v) is 7.88. The molecule has 0 radical (unpaired) electrons. The van der Waals surface area contributed by atoms with Crippen LogP contribution in [-0.2, 0) is 24.2 Å². The molecule has 4 rings (SSSR count). The monoisotopic (exact) mass is 438 g/mol. The number of aliphatic carboxylic acids is 1. The summed E-state index contributed by atoms with van der Waals surface area (Å²) >= 11 is 1.91. The number of alkyl halides is 3. The van der Waals surface area contributed by atoms with E-state index in [2.05, 4.69) is 56.2 Å². The number of nitrogens with one attached hydrogen (secondary N) is 2. The first-order valence-electron chi connectivity index (χ1n) is 9.36. The molecule has 2 heterocycles. The Bertz CT molecular complexity index is 957. The van der Waals surface area contributed by atoms with Crippen molar-refractivity contribution in [3.63, 3.8) is 0 Å². The molecule has 0 amide bonds. The van der Waals surface area contributed by atoms with Crippen molar-refractivity contribution in [1.82, 2.24) is 20.5 Å². The van der Waals surface area contributed by atoms with Crippen LogP contribution in [0.3, 0.4) is 0 Å². The molecule has 0 bridgehead atoms. The summed E-state index contributed by atoms with van der Waals surface area (Å²) < 4.78 is 31.7. The van der Waals surface area contributed by atoms with Gasteiger partial charge in [0.2, 0.25) is 0 Å². The molecule has 3 N–H and O–H groups in total. The highest BCUT2D eigenvalue weighted by Gasteiger charge is 2.38. The van der Waals surface area contributed by atoms with Crippen LogP contribution in [0.4, 0.5) is 13.2 Å². The third-order valence-electron chi connectivity index (χ3n) is 4.71. The zero-order valence-electron chi connectivity index (χ0n) is 15.9. The minimum atomic E-state index is -5.08. The predicted molar refractivity (Wildman–Crippen MR) is 107 cm³/mol. The van der Waals surface area contributed by atoms with Crippen molar-refractivity contribution in [3.8, 4) is 11.4 Å². The van der Waals surface area contributed by atoms with E-state index >= 15 is 0 Å². The zero-order chi connectivity index (χ0) is 21.6. The highest BCUT2D eigenvalue weighted by Crippen LogP contribution is 2.25. The normalized spacial score (nSPS) is 16.2. The molecule has 1 atom stereocenters. The van der Waals surface area contributed by atoms with Crippen molar-refractivity contribution in [2.24, 2.45) is 0 Å². The van der Waals surface area contributed by atoms with Crippen LogP contribution in [-0.4, -0.2) is 38.5 Å². The summed E-state index contributed by atoms with van der Waals surface area (Å²) in [7, 11) is 0. The highest BCUT2D eigenvalue weighted by molar-refractivity contribution is 7.10. The smallest absolute Gasteiger partial charge is 0.475 e. The van der Waals surface area contributed by atoms with Crippen LogP contribution in [0.25, 0.3) is 11.4 Å². The Morgan fingerprint density at radius 1 is 1.33 bits per heavy atom. The number of aryl methyl sites for hydroxylation is 1. The fraction of sp³-hybridized carbons (Fsp3) is 0.350. The number of fused-ring (bicyclic) bond motifs is 1. The number of H-pyrrole nitrogens is 1. The van der Waals surface area contributed by atoms with Gasteiger partial charge in [-0.3, -0.25) is 5.10 Å². The molecule has 6 nitrogen and oxygen atoms in total. The minimum Gasteiger partial charge on any atom is -0.475 e. The lowest BCUT2D eigenvalue weighted by Crippen LogP contribution is -2.30. The third-order valence-corrected chi connectivity index (χ3v) is 5.74. The van der Waals surface area contributed by atoms with E-state index in [0.29, 0.717) is 6.04 Å². The number of nitrogens with zero attached hydrogens (tertiary/aromatic N) is 2. The van der Waals surface area contributed by atoms with Gasteiger partial charge in [-0.15, -0.1) is 11.3 Å². The Hall–Kier alpha value is -2.72. The van der Waals surface area contributed by atoms with E-state index < -0.39 is 12.1 Å². The lowest BCUT2D eigenvalue weighted by molar-refractivity contribution is -0.192. The quantitative estimate of drug-likeness (QED) is 0.531. The maximum atomic E-state index is 10.6. The van der Waals surface area contributed by atoms with E-state index in [1.807, 2.05) is 11.3 Å². The topological polar surface area (TPSA) is 90.9 Å². The number of aromatic amines is 1. The Labute approximate surface area is 175 Å². The first-order chi connectivity index (χ1) is 14.3. The average Bonchev–Trinajstić information content (AvgIpc) is 3.35. The Morgan fingerprint density at radius 3 is 2.83 bits per heavy atom. The van der Waals surface area contributed by atoms with Gasteiger partial charge in [0.15, 0.2) is 5.82 Å². The van der Waals surface area contributed by atoms with Crippen LogP contribution in [0.2, 0.25) is 0 Å². The number of aromatic nitrogens is 3. The maximum Gasteiger partial charge on any atom is 0.490 e. The molecule has 0 saturated carbocycles. The maximum absolute atomic E-state index is 10.6. The predicted octanol–water partition coefficient (Wildman–Crippen LogP) is 4.20. The molecule has 0 aliphatic heterocycles. The van der Waals surface area contributed by atoms with Crippen molar-refractivity contribution in [3.05, 3.63) is 58.0 Å². The van der Waals surface area contributed by atoms with Crippen molar-refractivity contribution in [2.75, 3.05) is 0 Å². The summed E-state index contributed by atoms with van der Waals surface area (Å²) in [6.45, 7) is 0.895. The number of benzene rings is 1. The van der Waals surface area contributed by atoms with E-state index in [9.17, 15) is 13.2 Å². The summed E-state index contributed by atoms with van der Waals surface area (Å²) in [6.07, 6.45) is 1.39. The average molecular weight is 438 g/mol. The van der Waals surface area contributed by atoms with E-state index in [1.165, 1.54) is 24.8 Å². The molecular weight excluding hydrogens is 417 g/mol. The molecule has 3 aromatic rings. The van der Waals surface area contributed by atoms with Crippen molar-refractivity contribution in [1.29, 1.82) is 0 Å². The van der Waals surface area contributed by atoms with Crippen molar-refractivity contribution >= 4 is 17.3 Å². The first kappa shape index (κ1) is 22.0. The fourth-order valence-corrected chi connectivity index (χ4v) is 4.22. The molecule has 160 valence electrons. The minimum absolute atomic E-state index is 0.569. The Morgan fingerprint density at radius 2 is 2.13 bits per heavy atom. The second kappa shape index (κ2) is 9.86. The van der Waals surface area contributed by atoms with Crippen LogP contribution in [0, 0.1) is 0 Å².